The number of amides is 1. The molecule has 1 atom stereocenters. The van der Waals surface area contributed by atoms with Gasteiger partial charge in [-0.25, -0.2) is 0 Å². The summed E-state index contributed by atoms with van der Waals surface area (Å²) in [6, 6.07) is 9.33. The van der Waals surface area contributed by atoms with E-state index >= 15 is 0 Å². The van der Waals surface area contributed by atoms with Gasteiger partial charge >= 0.3 is 0 Å². The van der Waals surface area contributed by atoms with Gasteiger partial charge in [-0.1, -0.05) is 6.07 Å². The Morgan fingerprint density at radius 2 is 1.88 bits per heavy atom. The molecule has 1 saturated carbocycles. The number of halogens is 2. The van der Waals surface area contributed by atoms with Gasteiger partial charge in [-0.3, -0.25) is 9.78 Å². The maximum absolute atomic E-state index is 12.3. The summed E-state index contributed by atoms with van der Waals surface area (Å²) in [5.74, 6) is 1.08. The topological polar surface area (TPSA) is 60.5 Å². The van der Waals surface area contributed by atoms with E-state index in [4.69, 9.17) is 32.7 Å². The molecule has 0 spiro atoms. The lowest BCUT2D eigenvalue weighted by Gasteiger charge is -2.15. The summed E-state index contributed by atoms with van der Waals surface area (Å²) in [6.07, 6.45) is 3.90. The molecule has 1 aromatic carbocycles. The number of nitrogens with zero attached hydrogens (tertiary/aromatic N) is 1. The predicted molar refractivity (Wildman–Crippen MR) is 101 cm³/mol. The summed E-state index contributed by atoms with van der Waals surface area (Å²) in [5, 5.41) is 2.87. The third-order valence-electron chi connectivity index (χ3n) is 4.58. The third kappa shape index (κ3) is 3.89. The molecule has 1 aliphatic carbocycles. The lowest BCUT2D eigenvalue weighted by Crippen LogP contribution is -2.32. The minimum absolute atomic E-state index is 0.153. The van der Waals surface area contributed by atoms with Crippen LogP contribution in [0.2, 0.25) is 0 Å². The second kappa shape index (κ2) is 7.33. The summed E-state index contributed by atoms with van der Waals surface area (Å²) in [7, 11) is 1.58. The molecule has 1 N–H and O–H groups in total. The Hall–Kier alpha value is -1.98. The first kappa shape index (κ1) is 18.8. The molecule has 0 saturated heterocycles. The van der Waals surface area contributed by atoms with Crippen molar-refractivity contribution < 1.29 is 14.3 Å². The average molecular weight is 395 g/mol. The Balaban J connectivity index is 1.60. The number of ether oxygens (including phenoxy) is 2. The number of rotatable bonds is 7. The van der Waals surface area contributed by atoms with Gasteiger partial charge in [0.05, 0.1) is 12.5 Å². The van der Waals surface area contributed by atoms with E-state index < -0.39 is 9.75 Å². The number of benzene rings is 1. The normalized spacial score (nSPS) is 20.3. The van der Waals surface area contributed by atoms with Gasteiger partial charge in [-0.2, -0.15) is 0 Å². The molecule has 1 aliphatic rings. The molecule has 1 fully saturated rings. The van der Waals surface area contributed by atoms with Crippen LogP contribution >= 0.6 is 23.2 Å². The van der Waals surface area contributed by atoms with Crippen molar-refractivity contribution in [2.45, 2.75) is 30.8 Å². The predicted octanol–water partition coefficient (Wildman–Crippen LogP) is 3.87. The number of pyridine rings is 1. The number of methoxy groups -OCH3 is 1. The molecule has 5 nitrogen and oxygen atoms in total. The Morgan fingerprint density at radius 3 is 2.50 bits per heavy atom. The SMILES string of the molecule is COc1cc(CNC(=O)[C@]2(C)CC2(Cl)Cl)ccc1OCc1ccncc1. The molecule has 1 amide bonds. The van der Waals surface area contributed by atoms with Gasteiger partial charge < -0.3 is 14.8 Å². The van der Waals surface area contributed by atoms with Crippen molar-refractivity contribution in [3.05, 3.63) is 53.9 Å². The number of hydrogen-bond acceptors (Lipinski definition) is 4. The fraction of sp³-hybridized carbons (Fsp3) is 0.368. The van der Waals surface area contributed by atoms with Gasteiger partial charge in [0, 0.05) is 18.9 Å². The fourth-order valence-electron chi connectivity index (χ4n) is 2.60. The zero-order valence-corrected chi connectivity index (χ0v) is 16.1. The molecule has 0 bridgehead atoms. The molecule has 0 aliphatic heterocycles. The van der Waals surface area contributed by atoms with Gasteiger partial charge in [0.2, 0.25) is 5.91 Å². The van der Waals surface area contributed by atoms with Crippen molar-refractivity contribution in [3.8, 4) is 11.5 Å². The summed E-state index contributed by atoms with van der Waals surface area (Å²) < 4.78 is 10.2. The van der Waals surface area contributed by atoms with E-state index in [9.17, 15) is 4.79 Å². The van der Waals surface area contributed by atoms with Crippen molar-refractivity contribution in [2.75, 3.05) is 7.11 Å². The molecule has 7 heteroatoms. The van der Waals surface area contributed by atoms with Gasteiger partial charge in [0.25, 0.3) is 0 Å². The number of carbonyl (C=O) groups excluding carboxylic acids is 1. The first-order valence-electron chi connectivity index (χ1n) is 8.20. The number of carbonyl (C=O) groups is 1. The van der Waals surface area contributed by atoms with Crippen molar-refractivity contribution >= 4 is 29.1 Å². The maximum Gasteiger partial charge on any atom is 0.229 e. The molecule has 1 heterocycles. The number of alkyl halides is 2. The second-order valence-corrected chi connectivity index (χ2v) is 8.01. The molecule has 0 unspecified atom stereocenters. The number of aromatic nitrogens is 1. The average Bonchev–Trinajstić information content (AvgIpc) is 3.18. The van der Waals surface area contributed by atoms with Gasteiger partial charge in [0.1, 0.15) is 10.9 Å². The van der Waals surface area contributed by atoms with Crippen LogP contribution in [0.4, 0.5) is 0 Å². The van der Waals surface area contributed by atoms with Gasteiger partial charge in [-0.05, 0) is 48.7 Å². The van der Waals surface area contributed by atoms with E-state index in [1.807, 2.05) is 30.3 Å². The van der Waals surface area contributed by atoms with Crippen LogP contribution in [0.5, 0.6) is 11.5 Å². The lowest BCUT2D eigenvalue weighted by atomic mass is 10.1. The first-order valence-corrected chi connectivity index (χ1v) is 8.96. The van der Waals surface area contributed by atoms with Gasteiger partial charge in [-0.15, -0.1) is 23.2 Å². The van der Waals surface area contributed by atoms with E-state index in [-0.39, 0.29) is 5.91 Å². The van der Waals surface area contributed by atoms with Crippen LogP contribution in [0.25, 0.3) is 0 Å². The summed E-state index contributed by atoms with van der Waals surface area (Å²) in [4.78, 5) is 16.2. The van der Waals surface area contributed by atoms with Crippen molar-refractivity contribution in [1.82, 2.24) is 10.3 Å². The van der Waals surface area contributed by atoms with E-state index in [1.54, 1.807) is 26.4 Å². The Bertz CT molecular complexity index is 799. The minimum Gasteiger partial charge on any atom is -0.493 e. The zero-order valence-electron chi connectivity index (χ0n) is 14.6. The maximum atomic E-state index is 12.3. The highest BCUT2D eigenvalue weighted by Gasteiger charge is 2.67. The lowest BCUT2D eigenvalue weighted by molar-refractivity contribution is -0.125. The van der Waals surface area contributed by atoms with Crippen LogP contribution in [0, 0.1) is 5.41 Å². The molecular formula is C19H20Cl2N2O3. The summed E-state index contributed by atoms with van der Waals surface area (Å²) in [6.45, 7) is 2.54. The van der Waals surface area contributed by atoms with Crippen molar-refractivity contribution in [2.24, 2.45) is 5.41 Å². The molecule has 3 rings (SSSR count). The summed E-state index contributed by atoms with van der Waals surface area (Å²) >= 11 is 12.1. The fourth-order valence-corrected chi connectivity index (χ4v) is 3.31. The number of nitrogens with one attached hydrogen (secondary N) is 1. The van der Waals surface area contributed by atoms with Gasteiger partial charge in [0.15, 0.2) is 11.5 Å². The van der Waals surface area contributed by atoms with E-state index in [0.717, 1.165) is 11.1 Å². The van der Waals surface area contributed by atoms with E-state index in [1.165, 1.54) is 0 Å². The Kier molecular flexibility index (Phi) is 5.30. The van der Waals surface area contributed by atoms with Crippen LogP contribution < -0.4 is 14.8 Å². The van der Waals surface area contributed by atoms with Crippen LogP contribution in [-0.4, -0.2) is 22.3 Å². The van der Waals surface area contributed by atoms with Crippen molar-refractivity contribution in [3.63, 3.8) is 0 Å². The zero-order chi connectivity index (χ0) is 18.8. The number of hydrogen-bond donors (Lipinski definition) is 1. The molecule has 138 valence electrons. The highest BCUT2D eigenvalue weighted by Crippen LogP contribution is 2.63. The minimum atomic E-state index is -0.973. The first-order chi connectivity index (χ1) is 12.4. The highest BCUT2D eigenvalue weighted by molar-refractivity contribution is 6.53. The quantitative estimate of drug-likeness (QED) is 0.724. The van der Waals surface area contributed by atoms with Crippen molar-refractivity contribution in [1.29, 1.82) is 0 Å². The van der Waals surface area contributed by atoms with Crippen LogP contribution in [0.15, 0.2) is 42.7 Å². The molecule has 0 radical (unpaired) electrons. The molecule has 2 aromatic rings. The largest absolute Gasteiger partial charge is 0.493 e. The smallest absolute Gasteiger partial charge is 0.229 e. The standard InChI is InChI=1S/C19H20Cl2N2O3/c1-18(12-19(18,20)21)17(24)23-10-14-3-4-15(16(9-14)25-2)26-11-13-5-7-22-8-6-13/h3-9H,10-12H2,1-2H3,(H,23,24)/t18-/m0/s1. The monoisotopic (exact) mass is 394 g/mol. The molecule has 1 aromatic heterocycles. The van der Waals surface area contributed by atoms with Crippen LogP contribution in [0.3, 0.4) is 0 Å². The Labute approximate surface area is 162 Å². The summed E-state index contributed by atoms with van der Waals surface area (Å²) in [5.41, 5.74) is 1.18. The molecule has 26 heavy (non-hydrogen) atoms. The Morgan fingerprint density at radius 1 is 1.19 bits per heavy atom. The highest BCUT2D eigenvalue weighted by atomic mass is 35.5. The van der Waals surface area contributed by atoms with E-state index in [0.29, 0.717) is 31.1 Å². The van der Waals surface area contributed by atoms with Crippen LogP contribution in [0.1, 0.15) is 24.5 Å². The van der Waals surface area contributed by atoms with Crippen LogP contribution in [-0.2, 0) is 17.9 Å². The third-order valence-corrected chi connectivity index (χ3v) is 5.69. The molecular weight excluding hydrogens is 375 g/mol. The van der Waals surface area contributed by atoms with E-state index in [2.05, 4.69) is 10.3 Å². The second-order valence-electron chi connectivity index (χ2n) is 6.53.